The van der Waals surface area contributed by atoms with Gasteiger partial charge in [-0.1, -0.05) is 27.2 Å². The van der Waals surface area contributed by atoms with Gasteiger partial charge in [-0.25, -0.2) is 0 Å². The Labute approximate surface area is 87.9 Å². The van der Waals surface area contributed by atoms with E-state index in [0.29, 0.717) is 6.42 Å². The van der Waals surface area contributed by atoms with E-state index >= 15 is 0 Å². The fraction of sp³-hybridized carbons (Fsp3) is 0.909. The van der Waals surface area contributed by atoms with Crippen LogP contribution in [0.5, 0.6) is 0 Å². The number of aliphatic hydroxyl groups is 1. The van der Waals surface area contributed by atoms with Crippen molar-refractivity contribution >= 4 is 5.91 Å². The number of carbonyl (C=O) groups is 1. The summed E-state index contributed by atoms with van der Waals surface area (Å²) < 4.78 is 0. The Balaban J connectivity index is 0. The molecule has 86 valence electrons. The van der Waals surface area contributed by atoms with Crippen molar-refractivity contribution in [2.24, 2.45) is 0 Å². The van der Waals surface area contributed by atoms with E-state index in [2.05, 4.69) is 5.32 Å². The molecule has 0 saturated carbocycles. The van der Waals surface area contributed by atoms with E-state index in [1.54, 1.807) is 0 Å². The first-order valence-electron chi connectivity index (χ1n) is 5.68. The van der Waals surface area contributed by atoms with Crippen molar-refractivity contribution < 1.29 is 9.90 Å². The van der Waals surface area contributed by atoms with Crippen molar-refractivity contribution in [3.63, 3.8) is 0 Å². The van der Waals surface area contributed by atoms with Crippen LogP contribution in [-0.4, -0.2) is 24.2 Å². The SMILES string of the molecule is CC.CCCNC(=O)CCCCCO. The van der Waals surface area contributed by atoms with Crippen molar-refractivity contribution in [2.45, 2.75) is 52.9 Å². The van der Waals surface area contributed by atoms with Crippen LogP contribution in [0.2, 0.25) is 0 Å². The summed E-state index contributed by atoms with van der Waals surface area (Å²) in [5.41, 5.74) is 0. The predicted molar refractivity (Wildman–Crippen MR) is 60.2 cm³/mol. The molecule has 3 heteroatoms. The minimum absolute atomic E-state index is 0.134. The van der Waals surface area contributed by atoms with Gasteiger partial charge in [-0.15, -0.1) is 0 Å². The average molecular weight is 203 g/mol. The number of unbranched alkanes of at least 4 members (excludes halogenated alkanes) is 2. The second kappa shape index (κ2) is 14.9. The van der Waals surface area contributed by atoms with Gasteiger partial charge in [0.25, 0.3) is 0 Å². The monoisotopic (exact) mass is 203 g/mol. The summed E-state index contributed by atoms with van der Waals surface area (Å²) in [6.07, 6.45) is 4.22. The Hall–Kier alpha value is -0.570. The number of hydrogen-bond donors (Lipinski definition) is 2. The third-order valence-electron chi connectivity index (χ3n) is 1.63. The number of carbonyl (C=O) groups excluding carboxylic acids is 1. The van der Waals surface area contributed by atoms with Crippen molar-refractivity contribution in [3.05, 3.63) is 0 Å². The molecule has 0 fully saturated rings. The van der Waals surface area contributed by atoms with Crippen LogP contribution >= 0.6 is 0 Å². The van der Waals surface area contributed by atoms with Crippen LogP contribution in [0.1, 0.15) is 52.9 Å². The molecule has 0 atom stereocenters. The van der Waals surface area contributed by atoms with Crippen LogP contribution in [0.3, 0.4) is 0 Å². The number of amides is 1. The highest BCUT2D eigenvalue weighted by Gasteiger charge is 1.98. The van der Waals surface area contributed by atoms with Crippen LogP contribution in [0.4, 0.5) is 0 Å². The molecule has 14 heavy (non-hydrogen) atoms. The molecule has 0 spiro atoms. The maximum Gasteiger partial charge on any atom is 0.219 e. The molecule has 0 bridgehead atoms. The van der Waals surface area contributed by atoms with Crippen LogP contribution in [0.25, 0.3) is 0 Å². The van der Waals surface area contributed by atoms with Gasteiger partial charge in [0, 0.05) is 19.6 Å². The predicted octanol–water partition coefficient (Wildman–Crippen LogP) is 2.09. The molecule has 0 aromatic rings. The Morgan fingerprint density at radius 2 is 1.86 bits per heavy atom. The first-order valence-corrected chi connectivity index (χ1v) is 5.68. The highest BCUT2D eigenvalue weighted by molar-refractivity contribution is 5.75. The fourth-order valence-corrected chi connectivity index (χ4v) is 0.927. The van der Waals surface area contributed by atoms with Crippen LogP contribution in [0.15, 0.2) is 0 Å². The molecule has 2 N–H and O–H groups in total. The van der Waals surface area contributed by atoms with E-state index in [4.69, 9.17) is 5.11 Å². The second-order valence-electron chi connectivity index (χ2n) is 2.88. The first-order chi connectivity index (χ1) is 6.81. The van der Waals surface area contributed by atoms with E-state index in [1.807, 2.05) is 20.8 Å². The van der Waals surface area contributed by atoms with Gasteiger partial charge in [-0.3, -0.25) is 4.79 Å². The lowest BCUT2D eigenvalue weighted by atomic mass is 10.2. The maximum absolute atomic E-state index is 11.0. The third-order valence-corrected chi connectivity index (χ3v) is 1.63. The minimum Gasteiger partial charge on any atom is -0.396 e. The second-order valence-corrected chi connectivity index (χ2v) is 2.88. The average Bonchev–Trinajstić information content (AvgIpc) is 2.24. The Bertz CT molecular complexity index is 116. The van der Waals surface area contributed by atoms with Gasteiger partial charge in [0.05, 0.1) is 0 Å². The van der Waals surface area contributed by atoms with Crippen LogP contribution < -0.4 is 5.32 Å². The summed E-state index contributed by atoms with van der Waals surface area (Å²) in [6.45, 7) is 7.04. The molecule has 0 aliphatic carbocycles. The molecule has 0 aliphatic rings. The smallest absolute Gasteiger partial charge is 0.219 e. The normalized spacial score (nSPS) is 8.86. The number of nitrogens with one attached hydrogen (secondary N) is 1. The highest BCUT2D eigenvalue weighted by atomic mass is 16.2. The molecule has 0 rings (SSSR count). The zero-order valence-corrected chi connectivity index (χ0v) is 9.81. The van der Waals surface area contributed by atoms with Crippen molar-refractivity contribution in [2.75, 3.05) is 13.2 Å². The van der Waals surface area contributed by atoms with E-state index in [9.17, 15) is 4.79 Å². The van der Waals surface area contributed by atoms with E-state index in [-0.39, 0.29) is 12.5 Å². The molecule has 0 unspecified atom stereocenters. The molecule has 3 nitrogen and oxygen atoms in total. The molecule has 0 aromatic carbocycles. The van der Waals surface area contributed by atoms with Crippen molar-refractivity contribution in [3.8, 4) is 0 Å². The molecule has 0 radical (unpaired) electrons. The Morgan fingerprint density at radius 1 is 1.21 bits per heavy atom. The van der Waals surface area contributed by atoms with Crippen LogP contribution in [0, 0.1) is 0 Å². The molecule has 0 aliphatic heterocycles. The van der Waals surface area contributed by atoms with Gasteiger partial charge in [0.1, 0.15) is 0 Å². The van der Waals surface area contributed by atoms with Gasteiger partial charge in [-0.2, -0.15) is 0 Å². The quantitative estimate of drug-likeness (QED) is 0.622. The third kappa shape index (κ3) is 14.0. The van der Waals surface area contributed by atoms with Gasteiger partial charge < -0.3 is 10.4 Å². The van der Waals surface area contributed by atoms with Gasteiger partial charge in [0.15, 0.2) is 0 Å². The lowest BCUT2D eigenvalue weighted by Crippen LogP contribution is -2.23. The molecular weight excluding hydrogens is 178 g/mol. The highest BCUT2D eigenvalue weighted by Crippen LogP contribution is 1.98. The zero-order chi connectivity index (χ0) is 11.2. The molecule has 1 amide bonds. The zero-order valence-electron chi connectivity index (χ0n) is 9.81. The van der Waals surface area contributed by atoms with Gasteiger partial charge in [-0.05, 0) is 19.3 Å². The molecule has 0 saturated heterocycles. The first kappa shape index (κ1) is 15.9. The van der Waals surface area contributed by atoms with E-state index in [1.165, 1.54) is 0 Å². The van der Waals surface area contributed by atoms with E-state index < -0.39 is 0 Å². The summed E-state index contributed by atoms with van der Waals surface area (Å²) in [6, 6.07) is 0. The maximum atomic E-state index is 11.0. The summed E-state index contributed by atoms with van der Waals surface area (Å²) in [7, 11) is 0. The molecular formula is C11H25NO2. The molecule has 0 heterocycles. The standard InChI is InChI=1S/C9H19NO2.C2H6/c1-2-7-10-9(12)6-4-3-5-8-11;1-2/h11H,2-8H2,1H3,(H,10,12);1-2H3. The largest absolute Gasteiger partial charge is 0.396 e. The fourth-order valence-electron chi connectivity index (χ4n) is 0.927. The minimum atomic E-state index is 0.134. The Morgan fingerprint density at radius 3 is 2.36 bits per heavy atom. The van der Waals surface area contributed by atoms with E-state index in [0.717, 1.165) is 32.2 Å². The summed E-state index contributed by atoms with van der Waals surface area (Å²) in [5.74, 6) is 0.134. The number of aliphatic hydroxyl groups excluding tert-OH is 1. The lowest BCUT2D eigenvalue weighted by Gasteiger charge is -2.02. The van der Waals surface area contributed by atoms with Gasteiger partial charge >= 0.3 is 0 Å². The van der Waals surface area contributed by atoms with Crippen molar-refractivity contribution in [1.29, 1.82) is 0 Å². The Kier molecular flexibility index (Phi) is 16.9. The number of rotatable bonds is 7. The number of hydrogen-bond acceptors (Lipinski definition) is 2. The molecule has 0 aromatic heterocycles. The van der Waals surface area contributed by atoms with Crippen LogP contribution in [-0.2, 0) is 4.79 Å². The lowest BCUT2D eigenvalue weighted by molar-refractivity contribution is -0.121. The summed E-state index contributed by atoms with van der Waals surface area (Å²) in [4.78, 5) is 11.0. The van der Waals surface area contributed by atoms with Crippen molar-refractivity contribution in [1.82, 2.24) is 5.32 Å². The summed E-state index contributed by atoms with van der Waals surface area (Å²) in [5, 5.41) is 11.3. The topological polar surface area (TPSA) is 49.3 Å². The van der Waals surface area contributed by atoms with Gasteiger partial charge in [0.2, 0.25) is 5.91 Å². The summed E-state index contributed by atoms with van der Waals surface area (Å²) >= 11 is 0.